The van der Waals surface area contributed by atoms with Gasteiger partial charge >= 0.3 is 0 Å². The summed E-state index contributed by atoms with van der Waals surface area (Å²) in [6, 6.07) is 7.13. The first-order valence-electron chi connectivity index (χ1n) is 5.05. The van der Waals surface area contributed by atoms with Gasteiger partial charge in [-0.1, -0.05) is 29.3 Å². The van der Waals surface area contributed by atoms with Gasteiger partial charge < -0.3 is 9.84 Å². The largest absolute Gasteiger partial charge is 0.504 e. The Kier molecular flexibility index (Phi) is 3.64. The Morgan fingerprint density at radius 1 is 1.17 bits per heavy atom. The molecule has 0 bridgehead atoms. The SMILES string of the molecule is COc1cc(F)cc(-c2c(Cl)cccc2Cl)c1O. The van der Waals surface area contributed by atoms with Gasteiger partial charge in [0.25, 0.3) is 0 Å². The van der Waals surface area contributed by atoms with Gasteiger partial charge in [-0.15, -0.1) is 0 Å². The topological polar surface area (TPSA) is 29.5 Å². The smallest absolute Gasteiger partial charge is 0.165 e. The van der Waals surface area contributed by atoms with Crippen molar-refractivity contribution in [1.29, 1.82) is 0 Å². The van der Waals surface area contributed by atoms with Crippen LogP contribution in [-0.2, 0) is 0 Å². The van der Waals surface area contributed by atoms with E-state index in [2.05, 4.69) is 0 Å². The van der Waals surface area contributed by atoms with Crippen molar-refractivity contribution in [2.75, 3.05) is 7.11 Å². The van der Waals surface area contributed by atoms with Gasteiger partial charge in [0, 0.05) is 17.2 Å². The van der Waals surface area contributed by atoms with Gasteiger partial charge in [0.15, 0.2) is 11.5 Å². The molecule has 94 valence electrons. The van der Waals surface area contributed by atoms with Crippen molar-refractivity contribution < 1.29 is 14.2 Å². The molecule has 2 nitrogen and oxygen atoms in total. The minimum absolute atomic E-state index is 0.0287. The molecule has 2 aromatic rings. The van der Waals surface area contributed by atoms with Gasteiger partial charge in [0.1, 0.15) is 5.82 Å². The van der Waals surface area contributed by atoms with Gasteiger partial charge in [-0.25, -0.2) is 4.39 Å². The molecule has 5 heteroatoms. The second kappa shape index (κ2) is 5.04. The van der Waals surface area contributed by atoms with E-state index in [9.17, 15) is 9.50 Å². The quantitative estimate of drug-likeness (QED) is 0.880. The Morgan fingerprint density at radius 2 is 1.78 bits per heavy atom. The summed E-state index contributed by atoms with van der Waals surface area (Å²) in [7, 11) is 1.34. The minimum Gasteiger partial charge on any atom is -0.504 e. The van der Waals surface area contributed by atoms with Crippen molar-refractivity contribution in [1.82, 2.24) is 0 Å². The number of rotatable bonds is 2. The summed E-state index contributed by atoms with van der Waals surface area (Å²) in [5.41, 5.74) is 0.568. The molecule has 2 rings (SSSR count). The van der Waals surface area contributed by atoms with Crippen LogP contribution in [-0.4, -0.2) is 12.2 Å². The molecule has 0 radical (unpaired) electrons. The summed E-state index contributed by atoms with van der Waals surface area (Å²) in [5, 5.41) is 10.7. The molecule has 2 aromatic carbocycles. The van der Waals surface area contributed by atoms with Gasteiger partial charge in [-0.2, -0.15) is 0 Å². The van der Waals surface area contributed by atoms with Crippen molar-refractivity contribution in [2.45, 2.75) is 0 Å². The van der Waals surface area contributed by atoms with E-state index in [4.69, 9.17) is 27.9 Å². The van der Waals surface area contributed by atoms with E-state index < -0.39 is 5.82 Å². The molecule has 0 aliphatic rings. The van der Waals surface area contributed by atoms with E-state index in [0.717, 1.165) is 12.1 Å². The van der Waals surface area contributed by atoms with Crippen molar-refractivity contribution in [3.63, 3.8) is 0 Å². The summed E-state index contributed by atoms with van der Waals surface area (Å²) in [6.07, 6.45) is 0. The second-order valence-corrected chi connectivity index (χ2v) is 4.42. The Hall–Kier alpha value is -1.45. The number of aromatic hydroxyl groups is 1. The highest BCUT2D eigenvalue weighted by Gasteiger charge is 2.17. The van der Waals surface area contributed by atoms with Crippen molar-refractivity contribution >= 4 is 23.2 Å². The van der Waals surface area contributed by atoms with Gasteiger partial charge in [-0.3, -0.25) is 0 Å². The van der Waals surface area contributed by atoms with Gasteiger partial charge in [0.2, 0.25) is 0 Å². The van der Waals surface area contributed by atoms with Crippen LogP contribution in [0.15, 0.2) is 30.3 Å². The molecule has 0 unspecified atom stereocenters. The molecule has 18 heavy (non-hydrogen) atoms. The average Bonchev–Trinajstić information content (AvgIpc) is 2.32. The Labute approximate surface area is 114 Å². The highest BCUT2D eigenvalue weighted by molar-refractivity contribution is 6.39. The third-order valence-corrected chi connectivity index (χ3v) is 3.12. The first-order valence-corrected chi connectivity index (χ1v) is 5.81. The van der Waals surface area contributed by atoms with Crippen LogP contribution in [0, 0.1) is 5.82 Å². The molecule has 0 saturated carbocycles. The zero-order valence-electron chi connectivity index (χ0n) is 9.38. The predicted octanol–water partition coefficient (Wildman–Crippen LogP) is 4.51. The standard InChI is InChI=1S/C13H9Cl2FO2/c1-18-11-6-7(16)5-8(13(11)17)12-9(14)3-2-4-10(12)15/h2-6,17H,1H3. The number of phenolic OH excluding ortho intramolecular Hbond substituents is 1. The lowest BCUT2D eigenvalue weighted by molar-refractivity contribution is 0.371. The highest BCUT2D eigenvalue weighted by atomic mass is 35.5. The second-order valence-electron chi connectivity index (χ2n) is 3.60. The zero-order valence-corrected chi connectivity index (χ0v) is 10.9. The van der Waals surface area contributed by atoms with Crippen LogP contribution in [0.3, 0.4) is 0 Å². The lowest BCUT2D eigenvalue weighted by Crippen LogP contribution is -1.90. The molecule has 0 saturated heterocycles. The maximum Gasteiger partial charge on any atom is 0.165 e. The molecule has 0 aliphatic heterocycles. The summed E-state index contributed by atoms with van der Waals surface area (Å²) >= 11 is 12.1. The van der Waals surface area contributed by atoms with Crippen LogP contribution in [0.1, 0.15) is 0 Å². The third-order valence-electron chi connectivity index (χ3n) is 2.49. The first-order chi connectivity index (χ1) is 8.54. The molecule has 0 fully saturated rings. The van der Waals surface area contributed by atoms with Gasteiger partial charge in [0.05, 0.1) is 17.2 Å². The summed E-state index contributed by atoms with van der Waals surface area (Å²) in [5.74, 6) is -0.717. The van der Waals surface area contributed by atoms with Crippen molar-refractivity contribution in [2.24, 2.45) is 0 Å². The van der Waals surface area contributed by atoms with Crippen LogP contribution in [0.4, 0.5) is 4.39 Å². The number of benzene rings is 2. The fraction of sp³-hybridized carbons (Fsp3) is 0.0769. The molecule has 0 aromatic heterocycles. The van der Waals surface area contributed by atoms with Crippen LogP contribution < -0.4 is 4.74 Å². The summed E-state index contributed by atoms with van der Waals surface area (Å²) in [4.78, 5) is 0. The molecule has 0 spiro atoms. The minimum atomic E-state index is -0.546. The van der Waals surface area contributed by atoms with E-state index in [1.165, 1.54) is 7.11 Å². The average molecular weight is 287 g/mol. The molecular formula is C13H9Cl2FO2. The van der Waals surface area contributed by atoms with E-state index in [0.29, 0.717) is 15.6 Å². The molecule has 0 amide bonds. The maximum absolute atomic E-state index is 13.5. The molecule has 0 aliphatic carbocycles. The summed E-state index contributed by atoms with van der Waals surface area (Å²) in [6.45, 7) is 0. The number of hydrogen-bond donors (Lipinski definition) is 1. The fourth-order valence-corrected chi connectivity index (χ4v) is 2.28. The lowest BCUT2D eigenvalue weighted by Gasteiger charge is -2.12. The van der Waals surface area contributed by atoms with Crippen LogP contribution in [0.2, 0.25) is 10.0 Å². The van der Waals surface area contributed by atoms with E-state index in [-0.39, 0.29) is 17.1 Å². The summed E-state index contributed by atoms with van der Waals surface area (Å²) < 4.78 is 18.4. The van der Waals surface area contributed by atoms with Crippen LogP contribution in [0.5, 0.6) is 11.5 Å². The van der Waals surface area contributed by atoms with E-state index in [1.54, 1.807) is 18.2 Å². The highest BCUT2D eigenvalue weighted by Crippen LogP contribution is 2.43. The molecule has 0 atom stereocenters. The lowest BCUT2D eigenvalue weighted by atomic mass is 10.0. The number of phenols is 1. The van der Waals surface area contributed by atoms with Crippen LogP contribution >= 0.6 is 23.2 Å². The number of ether oxygens (including phenoxy) is 1. The Balaban J connectivity index is 2.75. The first kappa shape index (κ1) is 13.0. The van der Waals surface area contributed by atoms with E-state index >= 15 is 0 Å². The monoisotopic (exact) mass is 286 g/mol. The zero-order chi connectivity index (χ0) is 13.3. The number of methoxy groups -OCH3 is 1. The van der Waals surface area contributed by atoms with Gasteiger partial charge in [-0.05, 0) is 18.2 Å². The van der Waals surface area contributed by atoms with Crippen molar-refractivity contribution in [3.05, 3.63) is 46.2 Å². The predicted molar refractivity (Wildman–Crippen MR) is 70.1 cm³/mol. The van der Waals surface area contributed by atoms with E-state index in [1.807, 2.05) is 0 Å². The maximum atomic E-state index is 13.5. The number of halogens is 3. The van der Waals surface area contributed by atoms with Crippen LogP contribution in [0.25, 0.3) is 11.1 Å². The Bertz CT molecular complexity index is 580. The molecule has 1 N–H and O–H groups in total. The third kappa shape index (κ3) is 2.24. The molecular weight excluding hydrogens is 278 g/mol. The fourth-order valence-electron chi connectivity index (χ4n) is 1.68. The van der Waals surface area contributed by atoms with Crippen molar-refractivity contribution in [3.8, 4) is 22.6 Å². The molecule has 0 heterocycles. The normalized spacial score (nSPS) is 10.4. The number of hydrogen-bond acceptors (Lipinski definition) is 2. The Morgan fingerprint density at radius 3 is 2.33 bits per heavy atom.